The van der Waals surface area contributed by atoms with E-state index in [1.165, 1.54) is 0 Å². The van der Waals surface area contributed by atoms with E-state index in [9.17, 15) is 0 Å². The van der Waals surface area contributed by atoms with Crippen LogP contribution in [0.5, 0.6) is 0 Å². The van der Waals surface area contributed by atoms with Gasteiger partial charge in [0.15, 0.2) is 0 Å². The van der Waals surface area contributed by atoms with Gasteiger partial charge in [0.25, 0.3) is 0 Å². The van der Waals surface area contributed by atoms with Gasteiger partial charge in [0.2, 0.25) is 11.8 Å². The topological polar surface area (TPSA) is 63.8 Å². The second-order valence-electron chi connectivity index (χ2n) is 4.46. The first-order valence-electron chi connectivity index (χ1n) is 6.22. The average Bonchev–Trinajstić information content (AvgIpc) is 2.84. The molecule has 2 aromatic rings. The van der Waals surface area contributed by atoms with Crippen molar-refractivity contribution in [1.29, 1.82) is 0 Å². The highest BCUT2D eigenvalue weighted by molar-refractivity contribution is 5.49. The van der Waals surface area contributed by atoms with E-state index < -0.39 is 0 Å². The van der Waals surface area contributed by atoms with Crippen molar-refractivity contribution in [3.63, 3.8) is 0 Å². The van der Waals surface area contributed by atoms with Crippen LogP contribution in [0.25, 0.3) is 11.5 Å². The Morgan fingerprint density at radius 1 is 1.33 bits per heavy atom. The zero-order valence-corrected chi connectivity index (χ0v) is 10.8. The predicted molar refractivity (Wildman–Crippen MR) is 69.0 cm³/mol. The lowest BCUT2D eigenvalue weighted by Crippen LogP contribution is -2.23. The summed E-state index contributed by atoms with van der Waals surface area (Å²) in [6, 6.07) is 4.27. The lowest BCUT2D eigenvalue weighted by Gasteiger charge is -2.05. The van der Waals surface area contributed by atoms with E-state index in [2.05, 4.69) is 34.3 Å². The van der Waals surface area contributed by atoms with E-state index in [1.54, 1.807) is 12.4 Å². The first-order valence-corrected chi connectivity index (χ1v) is 6.22. The molecule has 2 aromatic heterocycles. The molecule has 5 heteroatoms. The zero-order chi connectivity index (χ0) is 12.8. The Bertz CT molecular complexity index is 467. The maximum absolute atomic E-state index is 5.59. The number of aryl methyl sites for hydroxylation is 1. The minimum Gasteiger partial charge on any atom is -0.421 e. The number of hydrogen-bond acceptors (Lipinski definition) is 5. The van der Waals surface area contributed by atoms with E-state index in [0.717, 1.165) is 24.9 Å². The van der Waals surface area contributed by atoms with Crippen LogP contribution in [0.15, 0.2) is 28.9 Å². The smallest absolute Gasteiger partial charge is 0.249 e. The third kappa shape index (κ3) is 3.63. The van der Waals surface area contributed by atoms with E-state index in [-0.39, 0.29) is 0 Å². The van der Waals surface area contributed by atoms with Gasteiger partial charge < -0.3 is 9.73 Å². The number of aromatic nitrogens is 3. The number of rotatable bonds is 6. The first-order chi connectivity index (χ1) is 8.75. The van der Waals surface area contributed by atoms with Crippen molar-refractivity contribution < 1.29 is 4.42 Å². The summed E-state index contributed by atoms with van der Waals surface area (Å²) in [4.78, 5) is 4.03. The maximum atomic E-state index is 5.59. The highest BCUT2D eigenvalue weighted by Crippen LogP contribution is 2.16. The molecule has 0 bridgehead atoms. The second-order valence-corrected chi connectivity index (χ2v) is 4.46. The van der Waals surface area contributed by atoms with Gasteiger partial charge in [-0.15, -0.1) is 10.2 Å². The summed E-state index contributed by atoms with van der Waals surface area (Å²) in [5.74, 6) is 1.22. The van der Waals surface area contributed by atoms with Gasteiger partial charge in [0.1, 0.15) is 0 Å². The Morgan fingerprint density at radius 2 is 2.22 bits per heavy atom. The molecule has 18 heavy (non-hydrogen) atoms. The molecule has 1 N–H and O–H groups in total. The van der Waals surface area contributed by atoms with Crippen LogP contribution in [-0.2, 0) is 6.42 Å². The number of nitrogens with one attached hydrogen (secondary N) is 1. The van der Waals surface area contributed by atoms with Crippen molar-refractivity contribution in [2.75, 3.05) is 6.54 Å². The fourth-order valence-electron chi connectivity index (χ4n) is 1.59. The third-order valence-corrected chi connectivity index (χ3v) is 2.50. The molecule has 0 amide bonds. The van der Waals surface area contributed by atoms with Crippen molar-refractivity contribution in [3.05, 3.63) is 30.4 Å². The largest absolute Gasteiger partial charge is 0.421 e. The van der Waals surface area contributed by atoms with Crippen LogP contribution in [0.4, 0.5) is 0 Å². The van der Waals surface area contributed by atoms with Crippen molar-refractivity contribution in [2.45, 2.75) is 32.7 Å². The van der Waals surface area contributed by atoms with Gasteiger partial charge >= 0.3 is 0 Å². The fraction of sp³-hybridized carbons (Fsp3) is 0.462. The SMILES string of the molecule is CC(C)NCCCc1nnc(-c2cccnc2)o1. The summed E-state index contributed by atoms with van der Waals surface area (Å²) < 4.78 is 5.59. The van der Waals surface area contributed by atoms with Crippen molar-refractivity contribution in [3.8, 4) is 11.5 Å². The molecule has 0 saturated carbocycles. The molecule has 0 aliphatic carbocycles. The predicted octanol–water partition coefficient (Wildman–Crippen LogP) is 2.06. The second kappa shape index (κ2) is 6.26. The molecule has 5 nitrogen and oxygen atoms in total. The van der Waals surface area contributed by atoms with Crippen molar-refractivity contribution in [2.24, 2.45) is 0 Å². The maximum Gasteiger partial charge on any atom is 0.249 e. The summed E-state index contributed by atoms with van der Waals surface area (Å²) in [6.45, 7) is 5.22. The van der Waals surface area contributed by atoms with Gasteiger partial charge in [-0.3, -0.25) is 4.98 Å². The highest BCUT2D eigenvalue weighted by Gasteiger charge is 2.07. The Hall–Kier alpha value is -1.75. The van der Waals surface area contributed by atoms with Gasteiger partial charge in [-0.25, -0.2) is 0 Å². The number of hydrogen-bond donors (Lipinski definition) is 1. The van der Waals surface area contributed by atoms with Gasteiger partial charge in [-0.2, -0.15) is 0 Å². The van der Waals surface area contributed by atoms with Crippen LogP contribution >= 0.6 is 0 Å². The third-order valence-electron chi connectivity index (χ3n) is 2.50. The Balaban J connectivity index is 1.87. The highest BCUT2D eigenvalue weighted by atomic mass is 16.4. The molecule has 0 fully saturated rings. The Morgan fingerprint density at radius 3 is 2.94 bits per heavy atom. The Labute approximate surface area is 107 Å². The fourth-order valence-corrected chi connectivity index (χ4v) is 1.59. The van der Waals surface area contributed by atoms with Crippen LogP contribution < -0.4 is 5.32 Å². The van der Waals surface area contributed by atoms with Crippen molar-refractivity contribution in [1.82, 2.24) is 20.5 Å². The standard InChI is InChI=1S/C13H18N4O/c1-10(2)15-8-4-6-12-16-17-13(18-12)11-5-3-7-14-9-11/h3,5,7,9-10,15H,4,6,8H2,1-2H3. The molecule has 0 aromatic carbocycles. The molecule has 0 aliphatic heterocycles. The van der Waals surface area contributed by atoms with E-state index in [4.69, 9.17) is 4.42 Å². The summed E-state index contributed by atoms with van der Waals surface area (Å²) in [5.41, 5.74) is 0.858. The quantitative estimate of drug-likeness (QED) is 0.790. The minimum absolute atomic E-state index is 0.513. The molecule has 2 rings (SSSR count). The molecule has 96 valence electrons. The van der Waals surface area contributed by atoms with Gasteiger partial charge in [0, 0.05) is 24.9 Å². The molecular weight excluding hydrogens is 228 g/mol. The summed E-state index contributed by atoms with van der Waals surface area (Å²) in [7, 11) is 0. The monoisotopic (exact) mass is 246 g/mol. The van der Waals surface area contributed by atoms with E-state index >= 15 is 0 Å². The minimum atomic E-state index is 0.513. The summed E-state index contributed by atoms with van der Waals surface area (Å²) >= 11 is 0. The van der Waals surface area contributed by atoms with Gasteiger partial charge in [-0.05, 0) is 25.1 Å². The van der Waals surface area contributed by atoms with Crippen LogP contribution in [0.2, 0.25) is 0 Å². The normalized spacial score (nSPS) is 11.1. The first kappa shape index (κ1) is 12.7. The average molecular weight is 246 g/mol. The number of nitrogens with zero attached hydrogens (tertiary/aromatic N) is 3. The summed E-state index contributed by atoms with van der Waals surface area (Å²) in [5, 5.41) is 11.4. The molecular formula is C13H18N4O. The zero-order valence-electron chi connectivity index (χ0n) is 10.8. The van der Waals surface area contributed by atoms with Crippen LogP contribution in [-0.4, -0.2) is 27.8 Å². The van der Waals surface area contributed by atoms with E-state index in [0.29, 0.717) is 17.8 Å². The van der Waals surface area contributed by atoms with Gasteiger partial charge in [0.05, 0.1) is 5.56 Å². The Kier molecular flexibility index (Phi) is 4.41. The van der Waals surface area contributed by atoms with Crippen LogP contribution in [0.1, 0.15) is 26.2 Å². The lowest BCUT2D eigenvalue weighted by atomic mass is 10.3. The molecule has 0 spiro atoms. The molecule has 0 aliphatic rings. The lowest BCUT2D eigenvalue weighted by molar-refractivity contribution is 0.484. The molecule has 0 unspecified atom stereocenters. The molecule has 0 radical (unpaired) electrons. The summed E-state index contributed by atoms with van der Waals surface area (Å²) in [6.07, 6.45) is 5.23. The molecule has 0 atom stereocenters. The van der Waals surface area contributed by atoms with Crippen molar-refractivity contribution >= 4 is 0 Å². The molecule has 2 heterocycles. The number of pyridine rings is 1. The van der Waals surface area contributed by atoms with Crippen LogP contribution in [0, 0.1) is 0 Å². The molecule has 0 saturated heterocycles. The van der Waals surface area contributed by atoms with E-state index in [1.807, 2.05) is 12.1 Å². The van der Waals surface area contributed by atoms with Crippen LogP contribution in [0.3, 0.4) is 0 Å². The van der Waals surface area contributed by atoms with Gasteiger partial charge in [-0.1, -0.05) is 13.8 Å².